The number of nitrogens with two attached hydrogens (primary N) is 1. The number of hydrogen-bond acceptors (Lipinski definition) is 3. The van der Waals surface area contributed by atoms with Gasteiger partial charge in [-0.15, -0.1) is 0 Å². The normalized spacial score (nSPS) is 30.3. The monoisotopic (exact) mass is 240 g/mol. The van der Waals surface area contributed by atoms with Crippen LogP contribution in [0.4, 0.5) is 0 Å². The first-order chi connectivity index (χ1) is 8.19. The number of carbonyl (C=O) groups is 1. The second-order valence-electron chi connectivity index (χ2n) is 5.30. The molecule has 2 aliphatic rings. The third-order valence-corrected chi connectivity index (χ3v) is 4.18. The van der Waals surface area contributed by atoms with E-state index >= 15 is 0 Å². The molecule has 0 radical (unpaired) electrons. The van der Waals surface area contributed by atoms with Crippen LogP contribution >= 0.6 is 0 Å². The Morgan fingerprint density at radius 3 is 2.71 bits per heavy atom. The topological polar surface area (TPSA) is 55.6 Å². The fourth-order valence-corrected chi connectivity index (χ4v) is 2.91. The standard InChI is InChI=1S/C13H24N2O2/c1-3-12-10(6-7-17-12)13(16)15(2)11(8-14)9-4-5-9/h9-12H,3-8,14H2,1-2H3. The average Bonchev–Trinajstić information content (AvgIpc) is 3.05. The fourth-order valence-electron chi connectivity index (χ4n) is 2.91. The minimum absolute atomic E-state index is 0.0535. The molecule has 1 aliphatic heterocycles. The quantitative estimate of drug-likeness (QED) is 0.780. The van der Waals surface area contributed by atoms with Crippen LogP contribution in [-0.2, 0) is 9.53 Å². The van der Waals surface area contributed by atoms with Gasteiger partial charge >= 0.3 is 0 Å². The van der Waals surface area contributed by atoms with Gasteiger partial charge in [0.1, 0.15) is 0 Å². The summed E-state index contributed by atoms with van der Waals surface area (Å²) in [5.74, 6) is 0.922. The zero-order valence-corrected chi connectivity index (χ0v) is 10.9. The van der Waals surface area contributed by atoms with E-state index in [0.29, 0.717) is 12.5 Å². The van der Waals surface area contributed by atoms with Crippen LogP contribution in [0.5, 0.6) is 0 Å². The first-order valence-corrected chi connectivity index (χ1v) is 6.77. The Morgan fingerprint density at radius 2 is 2.18 bits per heavy atom. The Balaban J connectivity index is 1.97. The molecular weight excluding hydrogens is 216 g/mol. The molecule has 4 nitrogen and oxygen atoms in total. The van der Waals surface area contributed by atoms with Crippen molar-refractivity contribution in [3.8, 4) is 0 Å². The van der Waals surface area contributed by atoms with E-state index in [9.17, 15) is 4.79 Å². The molecule has 2 N–H and O–H groups in total. The van der Waals surface area contributed by atoms with E-state index in [1.54, 1.807) is 0 Å². The summed E-state index contributed by atoms with van der Waals surface area (Å²) in [6.45, 7) is 3.38. The molecule has 2 fully saturated rings. The summed E-state index contributed by atoms with van der Waals surface area (Å²) in [5.41, 5.74) is 5.79. The molecule has 0 spiro atoms. The summed E-state index contributed by atoms with van der Waals surface area (Å²) >= 11 is 0. The molecule has 2 rings (SSSR count). The minimum atomic E-state index is 0.0535. The van der Waals surface area contributed by atoms with Gasteiger partial charge < -0.3 is 15.4 Å². The van der Waals surface area contributed by atoms with Crippen molar-refractivity contribution in [2.24, 2.45) is 17.6 Å². The number of carbonyl (C=O) groups excluding carboxylic acids is 1. The SMILES string of the molecule is CCC1OCCC1C(=O)N(C)C(CN)C1CC1. The number of likely N-dealkylation sites (N-methyl/N-ethyl adjacent to an activating group) is 1. The number of hydrogen-bond donors (Lipinski definition) is 1. The van der Waals surface area contributed by atoms with E-state index in [1.165, 1.54) is 12.8 Å². The highest BCUT2D eigenvalue weighted by atomic mass is 16.5. The van der Waals surface area contributed by atoms with Gasteiger partial charge in [-0.1, -0.05) is 6.92 Å². The van der Waals surface area contributed by atoms with E-state index in [2.05, 4.69) is 6.92 Å². The van der Waals surface area contributed by atoms with Crippen LogP contribution in [0.2, 0.25) is 0 Å². The molecule has 0 aromatic carbocycles. The average molecular weight is 240 g/mol. The van der Waals surface area contributed by atoms with Gasteiger partial charge in [-0.3, -0.25) is 4.79 Å². The smallest absolute Gasteiger partial charge is 0.228 e. The summed E-state index contributed by atoms with van der Waals surface area (Å²) in [7, 11) is 1.91. The van der Waals surface area contributed by atoms with Crippen LogP contribution in [0.3, 0.4) is 0 Å². The lowest BCUT2D eigenvalue weighted by Crippen LogP contribution is -2.47. The zero-order chi connectivity index (χ0) is 12.4. The van der Waals surface area contributed by atoms with Crippen LogP contribution in [0, 0.1) is 11.8 Å². The lowest BCUT2D eigenvalue weighted by atomic mass is 9.97. The van der Waals surface area contributed by atoms with Crippen molar-refractivity contribution >= 4 is 5.91 Å². The second-order valence-corrected chi connectivity index (χ2v) is 5.30. The molecular formula is C13H24N2O2. The fraction of sp³-hybridized carbons (Fsp3) is 0.923. The molecule has 1 heterocycles. The van der Waals surface area contributed by atoms with E-state index in [0.717, 1.165) is 19.4 Å². The summed E-state index contributed by atoms with van der Waals surface area (Å²) in [4.78, 5) is 14.3. The maximum atomic E-state index is 12.4. The first-order valence-electron chi connectivity index (χ1n) is 6.77. The zero-order valence-electron chi connectivity index (χ0n) is 10.9. The van der Waals surface area contributed by atoms with E-state index < -0.39 is 0 Å². The van der Waals surface area contributed by atoms with Gasteiger partial charge in [0, 0.05) is 26.2 Å². The van der Waals surface area contributed by atoms with Gasteiger partial charge in [-0.05, 0) is 31.6 Å². The molecule has 0 bridgehead atoms. The van der Waals surface area contributed by atoms with Crippen molar-refractivity contribution < 1.29 is 9.53 Å². The maximum Gasteiger partial charge on any atom is 0.228 e. The van der Waals surface area contributed by atoms with Gasteiger partial charge in [-0.25, -0.2) is 0 Å². The van der Waals surface area contributed by atoms with Gasteiger partial charge in [0.05, 0.1) is 12.0 Å². The molecule has 0 aromatic heterocycles. The summed E-state index contributed by atoms with van der Waals surface area (Å²) < 4.78 is 5.60. The Hall–Kier alpha value is -0.610. The molecule has 1 saturated heterocycles. The molecule has 3 unspecified atom stereocenters. The van der Waals surface area contributed by atoms with Crippen LogP contribution in [-0.4, -0.2) is 43.2 Å². The Morgan fingerprint density at radius 1 is 1.47 bits per heavy atom. The summed E-state index contributed by atoms with van der Waals surface area (Å²) in [5, 5.41) is 0. The number of nitrogens with zero attached hydrogens (tertiary/aromatic N) is 1. The third kappa shape index (κ3) is 2.63. The van der Waals surface area contributed by atoms with Gasteiger partial charge in [0.15, 0.2) is 0 Å². The molecule has 1 aliphatic carbocycles. The molecule has 1 saturated carbocycles. The van der Waals surface area contributed by atoms with Crippen molar-refractivity contribution in [2.45, 2.75) is 44.8 Å². The van der Waals surface area contributed by atoms with Crippen molar-refractivity contribution in [1.82, 2.24) is 4.90 Å². The lowest BCUT2D eigenvalue weighted by Gasteiger charge is -2.30. The summed E-state index contributed by atoms with van der Waals surface area (Å²) in [6, 6.07) is 0.237. The highest BCUT2D eigenvalue weighted by molar-refractivity contribution is 5.79. The van der Waals surface area contributed by atoms with Crippen LogP contribution in [0.1, 0.15) is 32.6 Å². The first kappa shape index (κ1) is 12.8. The van der Waals surface area contributed by atoms with Crippen molar-refractivity contribution in [3.05, 3.63) is 0 Å². The molecule has 98 valence electrons. The predicted octanol–water partition coefficient (Wildman–Crippen LogP) is 0.997. The summed E-state index contributed by atoms with van der Waals surface area (Å²) in [6.07, 6.45) is 4.34. The van der Waals surface area contributed by atoms with E-state index in [1.807, 2.05) is 11.9 Å². The van der Waals surface area contributed by atoms with Crippen LogP contribution in [0.15, 0.2) is 0 Å². The maximum absolute atomic E-state index is 12.4. The van der Waals surface area contributed by atoms with E-state index in [4.69, 9.17) is 10.5 Å². The number of rotatable bonds is 5. The Kier molecular flexibility index (Phi) is 4.05. The number of ether oxygens (including phenoxy) is 1. The van der Waals surface area contributed by atoms with Gasteiger partial charge in [-0.2, -0.15) is 0 Å². The van der Waals surface area contributed by atoms with Crippen LogP contribution < -0.4 is 5.73 Å². The highest BCUT2D eigenvalue weighted by Crippen LogP contribution is 2.36. The molecule has 1 amide bonds. The van der Waals surface area contributed by atoms with Crippen LogP contribution in [0.25, 0.3) is 0 Å². The molecule has 0 aromatic rings. The van der Waals surface area contributed by atoms with Crippen molar-refractivity contribution in [1.29, 1.82) is 0 Å². The number of amides is 1. The third-order valence-electron chi connectivity index (χ3n) is 4.18. The lowest BCUT2D eigenvalue weighted by molar-refractivity contribution is -0.138. The van der Waals surface area contributed by atoms with Gasteiger partial charge in [0.2, 0.25) is 5.91 Å². The molecule has 3 atom stereocenters. The molecule has 4 heteroatoms. The highest BCUT2D eigenvalue weighted by Gasteiger charge is 2.40. The molecule has 17 heavy (non-hydrogen) atoms. The van der Waals surface area contributed by atoms with Crippen molar-refractivity contribution in [3.63, 3.8) is 0 Å². The minimum Gasteiger partial charge on any atom is -0.377 e. The largest absolute Gasteiger partial charge is 0.377 e. The Bertz CT molecular complexity index is 279. The van der Waals surface area contributed by atoms with Gasteiger partial charge in [0.25, 0.3) is 0 Å². The second kappa shape index (κ2) is 5.36. The van der Waals surface area contributed by atoms with E-state index in [-0.39, 0.29) is 24.0 Å². The predicted molar refractivity (Wildman–Crippen MR) is 66.5 cm³/mol. The van der Waals surface area contributed by atoms with Crippen molar-refractivity contribution in [2.75, 3.05) is 20.2 Å². The Labute approximate surface area is 103 Å².